The Balaban J connectivity index is 1.46. The second-order valence-corrected chi connectivity index (χ2v) is 7.67. The van der Waals surface area contributed by atoms with E-state index in [2.05, 4.69) is 20.3 Å². The third kappa shape index (κ3) is 3.96. The number of carbonyl (C=O) groups excluding carboxylic acids is 1. The van der Waals surface area contributed by atoms with E-state index in [1.54, 1.807) is 11.3 Å². The molecule has 2 aromatic heterocycles. The predicted octanol–water partition coefficient (Wildman–Crippen LogP) is 3.80. The van der Waals surface area contributed by atoms with E-state index in [1.807, 2.05) is 36.6 Å². The highest BCUT2D eigenvalue weighted by Crippen LogP contribution is 2.30. The number of benzene rings is 1. The molecule has 4 rings (SSSR count). The number of hydrogen-bond donors (Lipinski definition) is 2. The molecule has 0 radical (unpaired) electrons. The van der Waals surface area contributed by atoms with Crippen LogP contribution in [-0.4, -0.2) is 20.9 Å². The van der Waals surface area contributed by atoms with Crippen molar-refractivity contribution in [3.63, 3.8) is 0 Å². The number of thiophene rings is 1. The first-order chi connectivity index (χ1) is 13.6. The number of rotatable bonds is 5. The molecule has 1 aliphatic rings. The number of para-hydroxylation sites is 1. The summed E-state index contributed by atoms with van der Waals surface area (Å²) in [6.45, 7) is 1.93. The number of aromatic nitrogens is 3. The van der Waals surface area contributed by atoms with E-state index in [-0.39, 0.29) is 18.5 Å². The predicted molar refractivity (Wildman–Crippen MR) is 109 cm³/mol. The maximum Gasteiger partial charge on any atom is 0.339 e. The van der Waals surface area contributed by atoms with Gasteiger partial charge < -0.3 is 15.8 Å². The zero-order valence-electron chi connectivity index (χ0n) is 15.6. The van der Waals surface area contributed by atoms with Crippen LogP contribution in [0.2, 0.25) is 0 Å². The summed E-state index contributed by atoms with van der Waals surface area (Å²) < 4.78 is 5.45. The first-order valence-corrected chi connectivity index (χ1v) is 10.1. The molecule has 28 heavy (non-hydrogen) atoms. The van der Waals surface area contributed by atoms with Crippen LogP contribution >= 0.6 is 11.3 Å². The Hall–Kier alpha value is -3.00. The summed E-state index contributed by atoms with van der Waals surface area (Å²) in [7, 11) is 0. The highest BCUT2D eigenvalue weighted by Gasteiger charge is 2.21. The molecule has 0 unspecified atom stereocenters. The summed E-state index contributed by atoms with van der Waals surface area (Å²) in [5.41, 5.74) is 9.53. The number of ether oxygens (including phenoxy) is 1. The molecule has 3 aromatic rings. The summed E-state index contributed by atoms with van der Waals surface area (Å²) in [6, 6.07) is 7.78. The van der Waals surface area contributed by atoms with Gasteiger partial charge in [-0.3, -0.25) is 0 Å². The number of anilines is 3. The summed E-state index contributed by atoms with van der Waals surface area (Å²) in [6.07, 6.45) is 4.28. The van der Waals surface area contributed by atoms with Gasteiger partial charge in [-0.15, -0.1) is 11.3 Å². The van der Waals surface area contributed by atoms with Gasteiger partial charge in [0.2, 0.25) is 11.9 Å². The lowest BCUT2D eigenvalue weighted by Crippen LogP contribution is -2.12. The van der Waals surface area contributed by atoms with Gasteiger partial charge in [-0.05, 0) is 49.8 Å². The van der Waals surface area contributed by atoms with Crippen LogP contribution in [0.25, 0.3) is 0 Å². The second-order valence-electron chi connectivity index (χ2n) is 6.71. The van der Waals surface area contributed by atoms with Crippen LogP contribution < -0.4 is 11.1 Å². The molecule has 8 heteroatoms. The van der Waals surface area contributed by atoms with E-state index in [1.165, 1.54) is 11.3 Å². The average molecular weight is 395 g/mol. The van der Waals surface area contributed by atoms with Crippen LogP contribution in [-0.2, 0) is 24.2 Å². The van der Waals surface area contributed by atoms with Gasteiger partial charge >= 0.3 is 5.97 Å². The molecule has 2 heterocycles. The number of nitrogens with two attached hydrogens (primary N) is 1. The largest absolute Gasteiger partial charge is 0.454 e. The zero-order valence-corrected chi connectivity index (χ0v) is 16.4. The maximum absolute atomic E-state index is 12.5. The molecule has 1 aliphatic carbocycles. The molecular weight excluding hydrogens is 374 g/mol. The molecule has 144 valence electrons. The smallest absolute Gasteiger partial charge is 0.339 e. The Morgan fingerprint density at radius 2 is 2.04 bits per heavy atom. The fourth-order valence-electron chi connectivity index (χ4n) is 3.26. The van der Waals surface area contributed by atoms with Crippen LogP contribution in [0.15, 0.2) is 29.6 Å². The fourth-order valence-corrected chi connectivity index (χ4v) is 4.38. The van der Waals surface area contributed by atoms with Gasteiger partial charge in [0.1, 0.15) is 0 Å². The summed E-state index contributed by atoms with van der Waals surface area (Å²) >= 11 is 1.64. The third-order valence-electron chi connectivity index (χ3n) is 4.70. The van der Waals surface area contributed by atoms with Crippen molar-refractivity contribution in [1.29, 1.82) is 0 Å². The number of nitrogens with one attached hydrogen (secondary N) is 1. The van der Waals surface area contributed by atoms with Gasteiger partial charge in [-0.2, -0.15) is 15.0 Å². The first kappa shape index (κ1) is 18.4. The van der Waals surface area contributed by atoms with Gasteiger partial charge in [0, 0.05) is 15.9 Å². The van der Waals surface area contributed by atoms with Crippen LogP contribution in [0.1, 0.15) is 45.0 Å². The molecule has 1 aromatic carbocycles. The number of aryl methyl sites for hydroxylation is 2. The lowest BCUT2D eigenvalue weighted by molar-refractivity contribution is 0.0461. The number of carbonyl (C=O) groups is 1. The standard InChI is InChI=1S/C20H21N5O2S/c1-12-6-2-4-8-15(12)22-20-24-17(23-19(21)25-20)10-27-18(26)14-11-28-16-9-5-3-7-13(14)16/h2,4,6,8,11H,3,5,7,9-10H2,1H3,(H3,21,22,23,24,25). The van der Waals surface area contributed by atoms with Crippen molar-refractivity contribution in [3.05, 3.63) is 57.0 Å². The lowest BCUT2D eigenvalue weighted by Gasteiger charge is -2.12. The summed E-state index contributed by atoms with van der Waals surface area (Å²) in [4.78, 5) is 26.3. The van der Waals surface area contributed by atoms with Crippen LogP contribution in [0.5, 0.6) is 0 Å². The van der Waals surface area contributed by atoms with Crippen molar-refractivity contribution in [2.45, 2.75) is 39.2 Å². The number of fused-ring (bicyclic) bond motifs is 1. The number of nitrogen functional groups attached to an aromatic ring is 1. The van der Waals surface area contributed by atoms with Gasteiger partial charge in [-0.25, -0.2) is 4.79 Å². The fraction of sp³-hybridized carbons (Fsp3) is 0.300. The van der Waals surface area contributed by atoms with Crippen molar-refractivity contribution in [3.8, 4) is 0 Å². The average Bonchev–Trinajstić information content (AvgIpc) is 3.12. The van der Waals surface area contributed by atoms with E-state index < -0.39 is 0 Å². The molecule has 0 fully saturated rings. The highest BCUT2D eigenvalue weighted by atomic mass is 32.1. The monoisotopic (exact) mass is 395 g/mol. The Bertz CT molecular complexity index is 1020. The molecule has 3 N–H and O–H groups in total. The molecule has 0 aliphatic heterocycles. The Labute approximate surface area is 167 Å². The lowest BCUT2D eigenvalue weighted by atomic mass is 9.96. The number of esters is 1. The van der Waals surface area contributed by atoms with Crippen molar-refractivity contribution >= 4 is 34.9 Å². The van der Waals surface area contributed by atoms with E-state index in [9.17, 15) is 4.79 Å². The quantitative estimate of drug-likeness (QED) is 0.633. The molecule has 0 saturated carbocycles. The van der Waals surface area contributed by atoms with Crippen molar-refractivity contribution in [2.24, 2.45) is 0 Å². The van der Waals surface area contributed by atoms with Gasteiger partial charge in [-0.1, -0.05) is 18.2 Å². The molecule has 0 amide bonds. The Kier molecular flexibility index (Phi) is 5.21. The van der Waals surface area contributed by atoms with Crippen LogP contribution in [0, 0.1) is 6.92 Å². The molecular formula is C20H21N5O2S. The highest BCUT2D eigenvalue weighted by molar-refractivity contribution is 7.10. The van der Waals surface area contributed by atoms with Gasteiger partial charge in [0.25, 0.3) is 0 Å². The van der Waals surface area contributed by atoms with Crippen LogP contribution in [0.4, 0.5) is 17.6 Å². The van der Waals surface area contributed by atoms with Gasteiger partial charge in [0.15, 0.2) is 12.4 Å². The Morgan fingerprint density at radius 3 is 2.89 bits per heavy atom. The topological polar surface area (TPSA) is 103 Å². The summed E-state index contributed by atoms with van der Waals surface area (Å²) in [5.74, 6) is 0.360. The molecule has 0 bridgehead atoms. The zero-order chi connectivity index (χ0) is 19.5. The molecule has 0 saturated heterocycles. The molecule has 0 spiro atoms. The van der Waals surface area contributed by atoms with E-state index >= 15 is 0 Å². The third-order valence-corrected chi connectivity index (χ3v) is 5.79. The van der Waals surface area contributed by atoms with E-state index in [0.717, 1.165) is 36.1 Å². The Morgan fingerprint density at radius 1 is 1.21 bits per heavy atom. The minimum atomic E-state index is -0.341. The van der Waals surface area contributed by atoms with Crippen molar-refractivity contribution in [1.82, 2.24) is 15.0 Å². The first-order valence-electron chi connectivity index (χ1n) is 9.19. The summed E-state index contributed by atoms with van der Waals surface area (Å²) in [5, 5.41) is 5.02. The number of hydrogen-bond acceptors (Lipinski definition) is 8. The van der Waals surface area contributed by atoms with E-state index in [4.69, 9.17) is 10.5 Å². The minimum absolute atomic E-state index is 0.0569. The molecule has 0 atom stereocenters. The van der Waals surface area contributed by atoms with Crippen molar-refractivity contribution in [2.75, 3.05) is 11.1 Å². The second kappa shape index (κ2) is 7.93. The van der Waals surface area contributed by atoms with E-state index in [0.29, 0.717) is 17.3 Å². The molecule has 7 nitrogen and oxygen atoms in total. The maximum atomic E-state index is 12.5. The van der Waals surface area contributed by atoms with Crippen LogP contribution in [0.3, 0.4) is 0 Å². The SMILES string of the molecule is Cc1ccccc1Nc1nc(N)nc(COC(=O)c2csc3c2CCCC3)n1. The normalized spacial score (nSPS) is 13.0. The minimum Gasteiger partial charge on any atom is -0.454 e. The van der Waals surface area contributed by atoms with Crippen molar-refractivity contribution < 1.29 is 9.53 Å². The van der Waals surface area contributed by atoms with Gasteiger partial charge in [0.05, 0.1) is 5.56 Å². The number of nitrogens with zero attached hydrogens (tertiary/aromatic N) is 3.